The van der Waals surface area contributed by atoms with E-state index in [0.29, 0.717) is 0 Å². The molecular formula is C13H18F3N3O. The number of aromatic nitrogens is 1. The van der Waals surface area contributed by atoms with Crippen LogP contribution in [-0.2, 0) is 6.18 Å². The lowest BCUT2D eigenvalue weighted by atomic mass is 10.1. The lowest BCUT2D eigenvalue weighted by molar-refractivity contribution is -0.141. The normalized spacial score (nSPS) is 13.1. The van der Waals surface area contributed by atoms with Crippen molar-refractivity contribution < 1.29 is 17.9 Å². The predicted octanol–water partition coefficient (Wildman–Crippen LogP) is 3.20. The fraction of sp³-hybridized carbons (Fsp3) is 0.538. The van der Waals surface area contributed by atoms with E-state index in [1.807, 2.05) is 13.8 Å². The van der Waals surface area contributed by atoms with E-state index >= 15 is 0 Å². The lowest BCUT2D eigenvalue weighted by Gasteiger charge is -2.15. The lowest BCUT2D eigenvalue weighted by Crippen LogP contribution is -2.18. The van der Waals surface area contributed by atoms with Crippen LogP contribution in [0.1, 0.15) is 37.9 Å². The van der Waals surface area contributed by atoms with Crippen molar-refractivity contribution >= 4 is 5.84 Å². The molecule has 0 saturated carbocycles. The average molecular weight is 289 g/mol. The van der Waals surface area contributed by atoms with Gasteiger partial charge < -0.3 is 10.5 Å². The topological polar surface area (TPSA) is 72.0 Å². The summed E-state index contributed by atoms with van der Waals surface area (Å²) in [5, 5.41) is 7.35. The van der Waals surface area contributed by atoms with Gasteiger partial charge in [-0.1, -0.05) is 20.3 Å². The summed E-state index contributed by atoms with van der Waals surface area (Å²) in [6, 6.07) is 1.90. The van der Waals surface area contributed by atoms with E-state index in [1.54, 1.807) is 0 Å². The van der Waals surface area contributed by atoms with Crippen molar-refractivity contribution in [3.05, 3.63) is 23.4 Å². The van der Waals surface area contributed by atoms with Gasteiger partial charge in [0.1, 0.15) is 11.5 Å². The number of pyridine rings is 1. The molecular weight excluding hydrogens is 271 g/mol. The molecule has 7 heteroatoms. The van der Waals surface area contributed by atoms with Crippen molar-refractivity contribution in [1.29, 1.82) is 5.41 Å². The first-order valence-corrected chi connectivity index (χ1v) is 6.31. The first-order valence-electron chi connectivity index (χ1n) is 6.31. The molecule has 0 aliphatic carbocycles. The highest BCUT2D eigenvalue weighted by atomic mass is 19.4. The number of halogens is 3. The number of nitrogens with two attached hydrogens (primary N) is 1. The summed E-state index contributed by atoms with van der Waals surface area (Å²) >= 11 is 0. The Labute approximate surface area is 115 Å². The minimum absolute atomic E-state index is 0.0710. The van der Waals surface area contributed by atoms with Gasteiger partial charge in [-0.2, -0.15) is 13.2 Å². The van der Waals surface area contributed by atoms with Gasteiger partial charge in [0.05, 0.1) is 12.2 Å². The molecule has 0 saturated heterocycles. The van der Waals surface area contributed by atoms with Gasteiger partial charge in [0.25, 0.3) is 0 Å². The first-order chi connectivity index (χ1) is 9.25. The van der Waals surface area contributed by atoms with Crippen LogP contribution in [-0.4, -0.2) is 17.4 Å². The number of hydrogen-bond donors (Lipinski definition) is 2. The van der Waals surface area contributed by atoms with Crippen molar-refractivity contribution in [1.82, 2.24) is 4.98 Å². The van der Waals surface area contributed by atoms with Crippen LogP contribution >= 0.6 is 0 Å². The largest absolute Gasteiger partial charge is 0.477 e. The molecule has 0 aliphatic heterocycles. The quantitative estimate of drug-likeness (QED) is 0.624. The number of hydrogen-bond acceptors (Lipinski definition) is 3. The number of nitrogen functional groups attached to an aromatic ring is 1. The molecule has 0 aliphatic rings. The van der Waals surface area contributed by atoms with Crippen LogP contribution in [0.5, 0.6) is 5.88 Å². The number of alkyl halides is 3. The van der Waals surface area contributed by atoms with Crippen LogP contribution in [0, 0.1) is 11.3 Å². The third-order valence-corrected chi connectivity index (χ3v) is 2.73. The van der Waals surface area contributed by atoms with Gasteiger partial charge in [-0.3, -0.25) is 5.41 Å². The van der Waals surface area contributed by atoms with E-state index in [4.69, 9.17) is 15.9 Å². The van der Waals surface area contributed by atoms with Crippen LogP contribution in [0.2, 0.25) is 0 Å². The number of ether oxygens (including phenoxy) is 1. The molecule has 4 nitrogen and oxygen atoms in total. The van der Waals surface area contributed by atoms with Crippen molar-refractivity contribution in [2.45, 2.75) is 32.9 Å². The number of nitrogens with zero attached hydrogens (tertiary/aromatic N) is 1. The fourth-order valence-electron chi connectivity index (χ4n) is 1.71. The number of nitrogens with one attached hydrogen (secondary N) is 1. The maximum atomic E-state index is 12.6. The van der Waals surface area contributed by atoms with Crippen molar-refractivity contribution in [2.24, 2.45) is 11.7 Å². The molecule has 0 radical (unpaired) electrons. The number of amidine groups is 1. The van der Waals surface area contributed by atoms with Gasteiger partial charge >= 0.3 is 6.18 Å². The summed E-state index contributed by atoms with van der Waals surface area (Å²) in [4.78, 5) is 3.43. The minimum atomic E-state index is -4.55. The Morgan fingerprint density at radius 2 is 2.10 bits per heavy atom. The minimum Gasteiger partial charge on any atom is -0.477 e. The SMILES string of the molecule is CCCC(C)COc1nc(C(F)(F)F)ccc1C(=N)N. The van der Waals surface area contributed by atoms with E-state index in [-0.39, 0.29) is 29.8 Å². The highest BCUT2D eigenvalue weighted by Gasteiger charge is 2.33. The molecule has 0 aromatic carbocycles. The van der Waals surface area contributed by atoms with Gasteiger partial charge in [0.2, 0.25) is 5.88 Å². The van der Waals surface area contributed by atoms with Crippen LogP contribution in [0.3, 0.4) is 0 Å². The highest BCUT2D eigenvalue weighted by Crippen LogP contribution is 2.30. The molecule has 0 spiro atoms. The standard InChI is InChI=1S/C13H18F3N3O/c1-3-4-8(2)7-20-12-9(11(17)18)5-6-10(19-12)13(14,15)16/h5-6,8H,3-4,7H2,1-2H3,(H3,17,18). The van der Waals surface area contributed by atoms with Crippen molar-refractivity contribution in [3.63, 3.8) is 0 Å². The fourth-order valence-corrected chi connectivity index (χ4v) is 1.71. The molecule has 20 heavy (non-hydrogen) atoms. The van der Waals surface area contributed by atoms with Crippen LogP contribution in [0.25, 0.3) is 0 Å². The zero-order chi connectivity index (χ0) is 15.3. The highest BCUT2D eigenvalue weighted by molar-refractivity contribution is 5.97. The summed E-state index contributed by atoms with van der Waals surface area (Å²) in [7, 11) is 0. The van der Waals surface area contributed by atoms with Gasteiger partial charge in [-0.05, 0) is 24.5 Å². The van der Waals surface area contributed by atoms with Crippen LogP contribution in [0.4, 0.5) is 13.2 Å². The summed E-state index contributed by atoms with van der Waals surface area (Å²) < 4.78 is 43.2. The zero-order valence-corrected chi connectivity index (χ0v) is 11.4. The molecule has 1 heterocycles. The molecule has 1 rings (SSSR count). The monoisotopic (exact) mass is 289 g/mol. The molecule has 1 aromatic rings. The smallest absolute Gasteiger partial charge is 0.433 e. The van der Waals surface area contributed by atoms with Gasteiger partial charge in [0, 0.05) is 0 Å². The first kappa shape index (κ1) is 16.3. The summed E-state index contributed by atoms with van der Waals surface area (Å²) in [5.74, 6) is -0.421. The third kappa shape index (κ3) is 4.40. The van der Waals surface area contributed by atoms with E-state index in [0.717, 1.165) is 25.0 Å². The molecule has 0 amide bonds. The summed E-state index contributed by atoms with van der Waals surface area (Å²) in [6.07, 6.45) is -2.70. The Bertz CT molecular complexity index is 474. The molecule has 1 aromatic heterocycles. The summed E-state index contributed by atoms with van der Waals surface area (Å²) in [6.45, 7) is 4.19. The molecule has 0 bridgehead atoms. The van der Waals surface area contributed by atoms with Crippen molar-refractivity contribution in [2.75, 3.05) is 6.61 Å². The van der Waals surface area contributed by atoms with E-state index in [1.165, 1.54) is 0 Å². The van der Waals surface area contributed by atoms with Gasteiger partial charge in [-0.25, -0.2) is 4.98 Å². The number of rotatable bonds is 6. The maximum absolute atomic E-state index is 12.6. The predicted molar refractivity (Wildman–Crippen MR) is 69.8 cm³/mol. The van der Waals surface area contributed by atoms with Crippen LogP contribution < -0.4 is 10.5 Å². The van der Waals surface area contributed by atoms with Crippen molar-refractivity contribution in [3.8, 4) is 5.88 Å². The maximum Gasteiger partial charge on any atom is 0.433 e. The second kappa shape index (κ2) is 6.58. The van der Waals surface area contributed by atoms with Crippen LogP contribution in [0.15, 0.2) is 12.1 Å². The Balaban J connectivity index is 2.98. The van der Waals surface area contributed by atoms with Gasteiger partial charge in [-0.15, -0.1) is 0 Å². The Morgan fingerprint density at radius 3 is 2.60 bits per heavy atom. The second-order valence-corrected chi connectivity index (χ2v) is 4.67. The second-order valence-electron chi connectivity index (χ2n) is 4.67. The average Bonchev–Trinajstić information content (AvgIpc) is 2.35. The Morgan fingerprint density at radius 1 is 1.45 bits per heavy atom. The Hall–Kier alpha value is -1.79. The molecule has 112 valence electrons. The zero-order valence-electron chi connectivity index (χ0n) is 11.4. The third-order valence-electron chi connectivity index (χ3n) is 2.73. The molecule has 1 unspecified atom stereocenters. The van der Waals surface area contributed by atoms with E-state index in [2.05, 4.69) is 4.98 Å². The molecule has 0 fully saturated rings. The molecule has 3 N–H and O–H groups in total. The van der Waals surface area contributed by atoms with E-state index in [9.17, 15) is 13.2 Å². The summed E-state index contributed by atoms with van der Waals surface area (Å²) in [5.41, 5.74) is 4.34. The Kier molecular flexibility index (Phi) is 5.35. The molecule has 1 atom stereocenters. The van der Waals surface area contributed by atoms with Gasteiger partial charge in [0.15, 0.2) is 0 Å². The van der Waals surface area contributed by atoms with E-state index < -0.39 is 11.9 Å².